The first-order chi connectivity index (χ1) is 11.8. The molecule has 8 heteroatoms. The summed E-state index contributed by atoms with van der Waals surface area (Å²) in [6, 6.07) is 10.5. The van der Waals surface area contributed by atoms with Crippen LogP contribution in [0.2, 0.25) is 0 Å². The molecule has 132 valence electrons. The minimum absolute atomic E-state index is 0.00427. The van der Waals surface area contributed by atoms with Crippen LogP contribution < -0.4 is 15.8 Å². The number of sulfonamides is 1. The van der Waals surface area contributed by atoms with Crippen LogP contribution in [0, 0.1) is 6.92 Å². The number of carbonyl (C=O) groups is 2. The fraction of sp³-hybridized carbons (Fsp3) is 0.176. The van der Waals surface area contributed by atoms with E-state index in [9.17, 15) is 18.0 Å². The Labute approximate surface area is 146 Å². The fourth-order valence-electron chi connectivity index (χ4n) is 2.31. The molecule has 0 saturated carbocycles. The number of nitrogens with one attached hydrogen (secondary N) is 2. The van der Waals surface area contributed by atoms with E-state index >= 15 is 0 Å². The van der Waals surface area contributed by atoms with E-state index < -0.39 is 21.8 Å². The second kappa shape index (κ2) is 7.45. The van der Waals surface area contributed by atoms with Crippen molar-refractivity contribution in [2.24, 2.45) is 5.73 Å². The van der Waals surface area contributed by atoms with Crippen LogP contribution in [0.1, 0.15) is 33.2 Å². The highest BCUT2D eigenvalue weighted by molar-refractivity contribution is 7.89. The van der Waals surface area contributed by atoms with Gasteiger partial charge in [-0.2, -0.15) is 0 Å². The van der Waals surface area contributed by atoms with Crippen molar-refractivity contribution >= 4 is 27.5 Å². The average Bonchev–Trinajstić information content (AvgIpc) is 2.56. The lowest BCUT2D eigenvalue weighted by molar-refractivity contribution is 0.0995. The number of primary amides is 1. The first-order valence-electron chi connectivity index (χ1n) is 7.56. The Kier molecular flexibility index (Phi) is 5.55. The summed E-state index contributed by atoms with van der Waals surface area (Å²) in [6.07, 6.45) is 0. The summed E-state index contributed by atoms with van der Waals surface area (Å²) < 4.78 is 26.5. The molecule has 2 rings (SSSR count). The molecule has 0 aliphatic rings. The second-order valence-electron chi connectivity index (χ2n) is 5.33. The van der Waals surface area contributed by atoms with E-state index in [0.29, 0.717) is 16.8 Å². The van der Waals surface area contributed by atoms with Gasteiger partial charge in [0.05, 0.1) is 4.90 Å². The molecule has 0 spiro atoms. The number of nitrogens with two attached hydrogens (primary N) is 1. The maximum Gasteiger partial charge on any atom is 0.255 e. The quantitative estimate of drug-likeness (QED) is 0.725. The van der Waals surface area contributed by atoms with Gasteiger partial charge in [-0.1, -0.05) is 19.1 Å². The number of rotatable bonds is 6. The average molecular weight is 361 g/mol. The highest BCUT2D eigenvalue weighted by atomic mass is 32.2. The minimum Gasteiger partial charge on any atom is -0.366 e. The zero-order valence-corrected chi connectivity index (χ0v) is 14.7. The van der Waals surface area contributed by atoms with Crippen molar-refractivity contribution in [2.45, 2.75) is 18.7 Å². The SMILES string of the molecule is CCNS(=O)(=O)c1cccc(C(=O)Nc2cccc(C(N)=O)c2C)c1. The molecule has 7 nitrogen and oxygen atoms in total. The third-order valence-corrected chi connectivity index (χ3v) is 5.13. The molecule has 25 heavy (non-hydrogen) atoms. The Bertz CT molecular complexity index is 923. The van der Waals surface area contributed by atoms with Crippen LogP contribution in [-0.4, -0.2) is 26.8 Å². The van der Waals surface area contributed by atoms with Crippen LogP contribution in [0.4, 0.5) is 5.69 Å². The van der Waals surface area contributed by atoms with E-state index in [-0.39, 0.29) is 17.0 Å². The van der Waals surface area contributed by atoms with E-state index in [2.05, 4.69) is 10.0 Å². The summed E-state index contributed by atoms with van der Waals surface area (Å²) in [5.41, 5.74) is 6.76. The van der Waals surface area contributed by atoms with Crippen LogP contribution in [-0.2, 0) is 10.0 Å². The summed E-state index contributed by atoms with van der Waals surface area (Å²) in [5, 5.41) is 2.67. The zero-order valence-electron chi connectivity index (χ0n) is 13.9. The van der Waals surface area contributed by atoms with Gasteiger partial charge < -0.3 is 11.1 Å². The number of benzene rings is 2. The topological polar surface area (TPSA) is 118 Å². The van der Waals surface area contributed by atoms with Crippen LogP contribution in [0.3, 0.4) is 0 Å². The molecule has 0 aliphatic heterocycles. The monoisotopic (exact) mass is 361 g/mol. The van der Waals surface area contributed by atoms with Crippen molar-refractivity contribution in [3.63, 3.8) is 0 Å². The standard InChI is InChI=1S/C17H19N3O4S/c1-3-19-25(23,24)13-7-4-6-12(10-13)17(22)20-15-9-5-8-14(11(15)2)16(18)21/h4-10,19H,3H2,1-2H3,(H2,18,21)(H,20,22). The lowest BCUT2D eigenvalue weighted by Gasteiger charge is -2.11. The predicted octanol–water partition coefficient (Wildman–Crippen LogP) is 1.64. The highest BCUT2D eigenvalue weighted by Gasteiger charge is 2.16. The van der Waals surface area contributed by atoms with Gasteiger partial charge in [-0.25, -0.2) is 13.1 Å². The fourth-order valence-corrected chi connectivity index (χ4v) is 3.40. The smallest absolute Gasteiger partial charge is 0.255 e. The molecule has 2 aromatic carbocycles. The predicted molar refractivity (Wildman–Crippen MR) is 95.0 cm³/mol. The first-order valence-corrected chi connectivity index (χ1v) is 9.05. The Balaban J connectivity index is 2.31. The molecule has 4 N–H and O–H groups in total. The van der Waals surface area contributed by atoms with E-state index in [1.54, 1.807) is 32.0 Å². The van der Waals surface area contributed by atoms with Crippen LogP contribution in [0.25, 0.3) is 0 Å². The Morgan fingerprint density at radius 3 is 2.44 bits per heavy atom. The van der Waals surface area contributed by atoms with Gasteiger partial charge in [0.2, 0.25) is 15.9 Å². The van der Waals surface area contributed by atoms with Crippen molar-refractivity contribution in [1.29, 1.82) is 0 Å². The molecule has 0 fully saturated rings. The summed E-state index contributed by atoms with van der Waals surface area (Å²) in [5.74, 6) is -1.08. The highest BCUT2D eigenvalue weighted by Crippen LogP contribution is 2.20. The van der Waals surface area contributed by atoms with E-state index in [1.165, 1.54) is 24.3 Å². The van der Waals surface area contributed by atoms with Crippen LogP contribution in [0.15, 0.2) is 47.4 Å². The number of hydrogen-bond acceptors (Lipinski definition) is 4. The second-order valence-corrected chi connectivity index (χ2v) is 7.09. The zero-order chi connectivity index (χ0) is 18.6. The van der Waals surface area contributed by atoms with Crippen molar-refractivity contribution in [1.82, 2.24) is 4.72 Å². The maximum atomic E-state index is 12.4. The van der Waals surface area contributed by atoms with Gasteiger partial charge in [0.1, 0.15) is 0 Å². The molecule has 0 atom stereocenters. The molecule has 2 aromatic rings. The van der Waals surface area contributed by atoms with Crippen molar-refractivity contribution in [3.8, 4) is 0 Å². The van der Waals surface area contributed by atoms with Crippen molar-refractivity contribution < 1.29 is 18.0 Å². The molecule has 0 aromatic heterocycles. The maximum absolute atomic E-state index is 12.4. The largest absolute Gasteiger partial charge is 0.366 e. The number of hydrogen-bond donors (Lipinski definition) is 3. The lowest BCUT2D eigenvalue weighted by atomic mass is 10.1. The Hall–Kier alpha value is -2.71. The van der Waals surface area contributed by atoms with E-state index in [4.69, 9.17) is 5.73 Å². The molecule has 2 amide bonds. The molecule has 0 aliphatic carbocycles. The molecular weight excluding hydrogens is 342 g/mol. The summed E-state index contributed by atoms with van der Waals surface area (Å²) in [6.45, 7) is 3.59. The van der Waals surface area contributed by atoms with Crippen LogP contribution >= 0.6 is 0 Å². The molecule has 0 heterocycles. The van der Waals surface area contributed by atoms with Crippen molar-refractivity contribution in [3.05, 3.63) is 59.2 Å². The van der Waals surface area contributed by atoms with Crippen LogP contribution in [0.5, 0.6) is 0 Å². The van der Waals surface area contributed by atoms with E-state index in [0.717, 1.165) is 0 Å². The number of carbonyl (C=O) groups excluding carboxylic acids is 2. The van der Waals surface area contributed by atoms with E-state index in [1.807, 2.05) is 0 Å². The van der Waals surface area contributed by atoms with Gasteiger partial charge in [-0.3, -0.25) is 9.59 Å². The summed E-state index contributed by atoms with van der Waals surface area (Å²) >= 11 is 0. The molecule has 0 unspecified atom stereocenters. The Morgan fingerprint density at radius 1 is 1.12 bits per heavy atom. The summed E-state index contributed by atoms with van der Waals surface area (Å²) in [7, 11) is -3.66. The van der Waals surface area contributed by atoms with Crippen molar-refractivity contribution in [2.75, 3.05) is 11.9 Å². The van der Waals surface area contributed by atoms with Gasteiger partial charge in [0.25, 0.3) is 5.91 Å². The third kappa shape index (κ3) is 4.23. The minimum atomic E-state index is -3.66. The van der Waals surface area contributed by atoms with Gasteiger partial charge in [0, 0.05) is 23.4 Å². The Morgan fingerprint density at radius 2 is 1.80 bits per heavy atom. The van der Waals surface area contributed by atoms with Gasteiger partial charge in [0.15, 0.2) is 0 Å². The first kappa shape index (κ1) is 18.6. The third-order valence-electron chi connectivity index (χ3n) is 3.59. The number of amides is 2. The van der Waals surface area contributed by atoms with Gasteiger partial charge >= 0.3 is 0 Å². The molecular formula is C17H19N3O4S. The normalized spacial score (nSPS) is 11.1. The molecule has 0 bridgehead atoms. The van der Waals surface area contributed by atoms with Gasteiger partial charge in [-0.15, -0.1) is 0 Å². The molecule has 0 radical (unpaired) electrons. The molecule has 0 saturated heterocycles. The van der Waals surface area contributed by atoms with Gasteiger partial charge in [-0.05, 0) is 42.8 Å². The lowest BCUT2D eigenvalue weighted by Crippen LogP contribution is -2.23. The summed E-state index contributed by atoms with van der Waals surface area (Å²) in [4.78, 5) is 23.8. The number of anilines is 1.